The maximum Gasteiger partial charge on any atom is 0.321 e. The lowest BCUT2D eigenvalue weighted by atomic mass is 10.2. The fourth-order valence-corrected chi connectivity index (χ4v) is 2.45. The predicted octanol–water partition coefficient (Wildman–Crippen LogP) is 2.15. The number of hydrogen-bond donors (Lipinski definition) is 3. The molecule has 1 fully saturated rings. The molecule has 2 rings (SSSR count). The van der Waals surface area contributed by atoms with Crippen molar-refractivity contribution >= 4 is 29.2 Å². The molecule has 1 aliphatic rings. The van der Waals surface area contributed by atoms with Gasteiger partial charge in [0, 0.05) is 18.7 Å². The van der Waals surface area contributed by atoms with E-state index < -0.39 is 18.0 Å². The second-order valence-corrected chi connectivity index (χ2v) is 5.96. The Morgan fingerprint density at radius 2 is 2.25 bits per heavy atom. The molecule has 0 bridgehead atoms. The number of carbonyl (C=O) groups is 2. The lowest BCUT2D eigenvalue weighted by molar-refractivity contribution is -0.120. The van der Waals surface area contributed by atoms with Crippen molar-refractivity contribution in [2.24, 2.45) is 0 Å². The molecular weight excluding hydrogens is 334 g/mol. The van der Waals surface area contributed by atoms with Crippen LogP contribution in [0.1, 0.15) is 19.8 Å². The van der Waals surface area contributed by atoms with Gasteiger partial charge in [-0.1, -0.05) is 11.6 Å². The third-order valence-electron chi connectivity index (χ3n) is 3.62. The summed E-state index contributed by atoms with van der Waals surface area (Å²) in [5.41, 5.74) is 0.583. The van der Waals surface area contributed by atoms with Crippen LogP contribution in [0.3, 0.4) is 0 Å². The lowest BCUT2D eigenvalue weighted by Gasteiger charge is -2.19. The molecule has 1 heterocycles. The Morgan fingerprint density at radius 1 is 1.46 bits per heavy atom. The van der Waals surface area contributed by atoms with Crippen LogP contribution in [0, 0.1) is 0 Å². The van der Waals surface area contributed by atoms with Crippen LogP contribution in [0.25, 0.3) is 0 Å². The molecule has 0 spiro atoms. The molecule has 1 saturated heterocycles. The molecule has 0 aromatic heterocycles. The first-order valence-corrected chi connectivity index (χ1v) is 8.20. The van der Waals surface area contributed by atoms with Crippen molar-refractivity contribution in [3.8, 4) is 5.75 Å². The van der Waals surface area contributed by atoms with E-state index in [4.69, 9.17) is 21.1 Å². The van der Waals surface area contributed by atoms with Crippen LogP contribution in [0.15, 0.2) is 18.2 Å². The molecule has 0 saturated carbocycles. The monoisotopic (exact) mass is 355 g/mol. The Balaban J connectivity index is 2.00. The summed E-state index contributed by atoms with van der Waals surface area (Å²) in [6.07, 6.45) is 2.10. The molecule has 3 amide bonds. The SMILES string of the molecule is CNC(=O)NC(=O)C(C)Nc1cc(Cl)ccc1OCC1CCCO1. The van der Waals surface area contributed by atoms with Crippen LogP contribution in [-0.4, -0.2) is 44.3 Å². The van der Waals surface area contributed by atoms with Gasteiger partial charge in [-0.25, -0.2) is 4.79 Å². The van der Waals surface area contributed by atoms with Gasteiger partial charge in [-0.15, -0.1) is 0 Å². The highest BCUT2D eigenvalue weighted by molar-refractivity contribution is 6.31. The Morgan fingerprint density at radius 3 is 2.92 bits per heavy atom. The number of amides is 3. The van der Waals surface area contributed by atoms with Gasteiger partial charge in [0.1, 0.15) is 18.4 Å². The summed E-state index contributed by atoms with van der Waals surface area (Å²) in [5, 5.41) is 8.07. The van der Waals surface area contributed by atoms with Crippen molar-refractivity contribution in [2.75, 3.05) is 25.6 Å². The van der Waals surface area contributed by atoms with Crippen molar-refractivity contribution in [3.05, 3.63) is 23.2 Å². The van der Waals surface area contributed by atoms with Crippen molar-refractivity contribution in [1.82, 2.24) is 10.6 Å². The fourth-order valence-electron chi connectivity index (χ4n) is 2.28. The molecule has 7 nitrogen and oxygen atoms in total. The standard InChI is InChI=1S/C16H22ClN3O4/c1-10(15(21)20-16(22)18-2)19-13-8-11(17)5-6-14(13)24-9-12-4-3-7-23-12/h5-6,8,10,12,19H,3-4,7,9H2,1-2H3,(H2,18,20,21,22). The van der Waals surface area contributed by atoms with Crippen LogP contribution in [0.5, 0.6) is 5.75 Å². The zero-order valence-corrected chi connectivity index (χ0v) is 14.5. The number of anilines is 1. The van der Waals surface area contributed by atoms with E-state index in [1.165, 1.54) is 7.05 Å². The second kappa shape index (κ2) is 8.75. The Hall–Kier alpha value is -1.99. The average molecular weight is 356 g/mol. The number of ether oxygens (including phenoxy) is 2. The molecule has 1 aromatic rings. The maximum atomic E-state index is 12.0. The molecular formula is C16H22ClN3O4. The number of hydrogen-bond acceptors (Lipinski definition) is 5. The predicted molar refractivity (Wildman–Crippen MR) is 91.6 cm³/mol. The van der Waals surface area contributed by atoms with Crippen molar-refractivity contribution in [3.63, 3.8) is 0 Å². The molecule has 1 aliphatic heterocycles. The lowest BCUT2D eigenvalue weighted by Crippen LogP contribution is -2.44. The highest BCUT2D eigenvalue weighted by Gasteiger charge is 2.19. The summed E-state index contributed by atoms with van der Waals surface area (Å²) in [4.78, 5) is 23.2. The summed E-state index contributed by atoms with van der Waals surface area (Å²) >= 11 is 6.03. The number of carbonyl (C=O) groups excluding carboxylic acids is 2. The zero-order chi connectivity index (χ0) is 17.5. The minimum atomic E-state index is -0.647. The normalized spacial score (nSPS) is 17.9. The number of nitrogens with one attached hydrogen (secondary N) is 3. The van der Waals surface area contributed by atoms with Crippen molar-refractivity contribution < 1.29 is 19.1 Å². The van der Waals surface area contributed by atoms with Gasteiger partial charge in [0.05, 0.1) is 11.8 Å². The largest absolute Gasteiger partial charge is 0.489 e. The van der Waals surface area contributed by atoms with E-state index in [2.05, 4.69) is 16.0 Å². The van der Waals surface area contributed by atoms with Crippen molar-refractivity contribution in [2.45, 2.75) is 31.9 Å². The number of halogens is 1. The molecule has 24 heavy (non-hydrogen) atoms. The van der Waals surface area contributed by atoms with E-state index in [0.717, 1.165) is 19.4 Å². The summed E-state index contributed by atoms with van der Waals surface area (Å²) in [7, 11) is 1.44. The average Bonchev–Trinajstić information content (AvgIpc) is 3.07. The van der Waals surface area contributed by atoms with Gasteiger partial charge in [-0.2, -0.15) is 0 Å². The van der Waals surface area contributed by atoms with E-state index in [0.29, 0.717) is 23.1 Å². The van der Waals surface area contributed by atoms with Gasteiger partial charge in [-0.05, 0) is 38.0 Å². The molecule has 0 aliphatic carbocycles. The van der Waals surface area contributed by atoms with Crippen LogP contribution in [0.4, 0.5) is 10.5 Å². The first-order chi connectivity index (χ1) is 11.5. The third-order valence-corrected chi connectivity index (χ3v) is 3.85. The summed E-state index contributed by atoms with van der Waals surface area (Å²) < 4.78 is 11.3. The molecule has 3 N–H and O–H groups in total. The molecule has 1 aromatic carbocycles. The van der Waals surface area contributed by atoms with E-state index in [-0.39, 0.29) is 6.10 Å². The van der Waals surface area contributed by atoms with E-state index in [1.54, 1.807) is 25.1 Å². The number of imide groups is 1. The first-order valence-electron chi connectivity index (χ1n) is 7.82. The number of rotatable bonds is 6. The van der Waals surface area contributed by atoms with E-state index >= 15 is 0 Å². The van der Waals surface area contributed by atoms with E-state index in [1.807, 2.05) is 0 Å². The molecule has 2 atom stereocenters. The topological polar surface area (TPSA) is 88.7 Å². The van der Waals surface area contributed by atoms with Gasteiger partial charge in [0.15, 0.2) is 0 Å². The van der Waals surface area contributed by atoms with Crippen LogP contribution in [0.2, 0.25) is 5.02 Å². The second-order valence-electron chi connectivity index (χ2n) is 5.52. The number of benzene rings is 1. The van der Waals surface area contributed by atoms with Crippen molar-refractivity contribution in [1.29, 1.82) is 0 Å². The van der Waals surface area contributed by atoms with Gasteiger partial charge in [0.25, 0.3) is 0 Å². The minimum absolute atomic E-state index is 0.0856. The van der Waals surface area contributed by atoms with Gasteiger partial charge < -0.3 is 20.1 Å². The summed E-state index contributed by atoms with van der Waals surface area (Å²) in [5.74, 6) is 0.119. The third kappa shape index (κ3) is 5.28. The minimum Gasteiger partial charge on any atom is -0.489 e. The van der Waals surface area contributed by atoms with Gasteiger partial charge in [0.2, 0.25) is 5.91 Å². The van der Waals surface area contributed by atoms with Crippen LogP contribution < -0.4 is 20.7 Å². The van der Waals surface area contributed by atoms with E-state index in [9.17, 15) is 9.59 Å². The Kier molecular flexibility index (Phi) is 6.69. The highest BCUT2D eigenvalue weighted by Crippen LogP contribution is 2.29. The van der Waals surface area contributed by atoms with Crippen LogP contribution >= 0.6 is 11.6 Å². The number of urea groups is 1. The smallest absolute Gasteiger partial charge is 0.321 e. The zero-order valence-electron chi connectivity index (χ0n) is 13.7. The van der Waals surface area contributed by atoms with Gasteiger partial charge >= 0.3 is 6.03 Å². The fraction of sp³-hybridized carbons (Fsp3) is 0.500. The molecule has 2 unspecified atom stereocenters. The molecule has 0 radical (unpaired) electrons. The Labute approximate surface area is 146 Å². The molecule has 8 heteroatoms. The first kappa shape index (κ1) is 18.4. The maximum absolute atomic E-state index is 12.0. The van der Waals surface area contributed by atoms with Crippen LogP contribution in [-0.2, 0) is 9.53 Å². The Bertz CT molecular complexity index is 591. The van der Waals surface area contributed by atoms with Gasteiger partial charge in [-0.3, -0.25) is 10.1 Å². The highest BCUT2D eigenvalue weighted by atomic mass is 35.5. The summed E-state index contributed by atoms with van der Waals surface area (Å²) in [6, 6.07) is 3.92. The summed E-state index contributed by atoms with van der Waals surface area (Å²) in [6.45, 7) is 2.84. The quantitative estimate of drug-likeness (QED) is 0.727. The molecule has 132 valence electrons.